The van der Waals surface area contributed by atoms with Gasteiger partial charge in [0.25, 0.3) is 0 Å². The van der Waals surface area contributed by atoms with Gasteiger partial charge >= 0.3 is 0 Å². The van der Waals surface area contributed by atoms with Crippen LogP contribution in [-0.2, 0) is 9.47 Å². The number of hydrogen-bond donors (Lipinski definition) is 0. The molecule has 0 bridgehead atoms. The van der Waals surface area contributed by atoms with E-state index in [9.17, 15) is 0 Å². The zero-order valence-corrected chi connectivity index (χ0v) is 13.8. The molecule has 1 aromatic carbocycles. The third-order valence-electron chi connectivity index (χ3n) is 4.32. The van der Waals surface area contributed by atoms with E-state index in [0.29, 0.717) is 12.4 Å². The Morgan fingerprint density at radius 3 is 2.74 bits per heavy atom. The molecule has 0 spiro atoms. The Bertz CT molecular complexity index is 672. The van der Waals surface area contributed by atoms with Gasteiger partial charge in [-0.2, -0.15) is 0 Å². The van der Waals surface area contributed by atoms with Crippen LogP contribution in [0.2, 0.25) is 0 Å². The maximum absolute atomic E-state index is 6.15. The second-order valence-electron chi connectivity index (χ2n) is 5.71. The Balaban J connectivity index is 1.86. The predicted molar refractivity (Wildman–Crippen MR) is 88.4 cm³/mol. The minimum atomic E-state index is -0.0391. The summed E-state index contributed by atoms with van der Waals surface area (Å²) in [6.45, 7) is 6.43. The largest absolute Gasteiger partial charge is 0.493 e. The molecule has 0 saturated heterocycles. The molecule has 0 saturated carbocycles. The monoisotopic (exact) mass is 314 g/mol. The first kappa shape index (κ1) is 15.5. The predicted octanol–water partition coefficient (Wildman–Crippen LogP) is 4.16. The molecule has 2 heterocycles. The van der Waals surface area contributed by atoms with Crippen LogP contribution in [0.4, 0.5) is 0 Å². The molecular formula is C19H22O4. The molecule has 4 nitrogen and oxygen atoms in total. The van der Waals surface area contributed by atoms with Crippen LogP contribution in [0.1, 0.15) is 25.0 Å². The SMILES string of the molecule is C=CCC1=CC2=C(CO1)OC(c1ccc(OC)c(OC)c1)C2C. The summed E-state index contributed by atoms with van der Waals surface area (Å²) in [4.78, 5) is 0. The minimum absolute atomic E-state index is 0.0391. The summed E-state index contributed by atoms with van der Waals surface area (Å²) >= 11 is 0. The first-order valence-corrected chi connectivity index (χ1v) is 7.73. The maximum Gasteiger partial charge on any atom is 0.161 e. The van der Waals surface area contributed by atoms with Crippen molar-refractivity contribution < 1.29 is 18.9 Å². The molecule has 2 aliphatic heterocycles. The topological polar surface area (TPSA) is 36.9 Å². The van der Waals surface area contributed by atoms with Crippen LogP contribution >= 0.6 is 0 Å². The third-order valence-corrected chi connectivity index (χ3v) is 4.32. The van der Waals surface area contributed by atoms with Gasteiger partial charge in [0.15, 0.2) is 11.5 Å². The van der Waals surface area contributed by atoms with Crippen molar-refractivity contribution in [1.29, 1.82) is 0 Å². The summed E-state index contributed by atoms with van der Waals surface area (Å²) in [6.07, 6.45) is 4.64. The van der Waals surface area contributed by atoms with Crippen molar-refractivity contribution >= 4 is 0 Å². The lowest BCUT2D eigenvalue weighted by Gasteiger charge is -2.19. The van der Waals surface area contributed by atoms with Crippen LogP contribution in [-0.4, -0.2) is 20.8 Å². The molecule has 0 aliphatic carbocycles. The summed E-state index contributed by atoms with van der Waals surface area (Å²) in [5.41, 5.74) is 2.29. The summed E-state index contributed by atoms with van der Waals surface area (Å²) < 4.78 is 22.6. The smallest absolute Gasteiger partial charge is 0.161 e. The molecular weight excluding hydrogens is 292 g/mol. The highest BCUT2D eigenvalue weighted by Crippen LogP contribution is 2.45. The summed E-state index contributed by atoms with van der Waals surface area (Å²) in [5, 5.41) is 0. The standard InChI is InChI=1S/C19H22O4/c1-5-6-14-10-15-12(2)19(23-18(15)11-22-14)13-7-8-16(20-3)17(9-13)21-4/h5,7-10,12,19H,1,6,11H2,2-4H3. The van der Waals surface area contributed by atoms with Crippen molar-refractivity contribution in [2.75, 3.05) is 20.8 Å². The fourth-order valence-electron chi connectivity index (χ4n) is 3.09. The highest BCUT2D eigenvalue weighted by atomic mass is 16.5. The van der Waals surface area contributed by atoms with E-state index < -0.39 is 0 Å². The lowest BCUT2D eigenvalue weighted by atomic mass is 9.91. The van der Waals surface area contributed by atoms with Crippen molar-refractivity contribution in [3.63, 3.8) is 0 Å². The third kappa shape index (κ3) is 2.81. The van der Waals surface area contributed by atoms with E-state index in [0.717, 1.165) is 29.3 Å². The van der Waals surface area contributed by atoms with E-state index >= 15 is 0 Å². The Kier molecular flexibility index (Phi) is 4.33. The van der Waals surface area contributed by atoms with Crippen LogP contribution in [0, 0.1) is 5.92 Å². The number of rotatable bonds is 5. The molecule has 1 aromatic rings. The number of hydrogen-bond acceptors (Lipinski definition) is 4. The van der Waals surface area contributed by atoms with Gasteiger partial charge in [-0.05, 0) is 23.8 Å². The Labute approximate surface area is 137 Å². The quantitative estimate of drug-likeness (QED) is 0.765. The van der Waals surface area contributed by atoms with E-state index in [-0.39, 0.29) is 12.0 Å². The number of benzene rings is 1. The van der Waals surface area contributed by atoms with E-state index in [2.05, 4.69) is 19.6 Å². The minimum Gasteiger partial charge on any atom is -0.493 e. The van der Waals surface area contributed by atoms with Crippen LogP contribution < -0.4 is 9.47 Å². The lowest BCUT2D eigenvalue weighted by Crippen LogP contribution is -2.07. The Morgan fingerprint density at radius 2 is 2.04 bits per heavy atom. The molecule has 0 radical (unpaired) electrons. The van der Waals surface area contributed by atoms with Crippen molar-refractivity contribution in [2.45, 2.75) is 19.4 Å². The van der Waals surface area contributed by atoms with Gasteiger partial charge in [-0.15, -0.1) is 6.58 Å². The normalized spacial score (nSPS) is 22.7. The van der Waals surface area contributed by atoms with Gasteiger partial charge in [0, 0.05) is 17.9 Å². The fourth-order valence-corrected chi connectivity index (χ4v) is 3.09. The summed E-state index contributed by atoms with van der Waals surface area (Å²) in [6, 6.07) is 5.92. The highest BCUT2D eigenvalue weighted by molar-refractivity contribution is 5.45. The first-order valence-electron chi connectivity index (χ1n) is 7.73. The molecule has 122 valence electrons. The molecule has 4 heteroatoms. The van der Waals surface area contributed by atoms with Gasteiger partial charge in [-0.25, -0.2) is 0 Å². The molecule has 2 atom stereocenters. The maximum atomic E-state index is 6.15. The molecule has 0 aromatic heterocycles. The molecule has 0 N–H and O–H groups in total. The van der Waals surface area contributed by atoms with Crippen LogP contribution in [0.25, 0.3) is 0 Å². The van der Waals surface area contributed by atoms with Gasteiger partial charge in [0.05, 0.1) is 14.2 Å². The Morgan fingerprint density at radius 1 is 1.26 bits per heavy atom. The van der Waals surface area contributed by atoms with Gasteiger partial charge in [-0.1, -0.05) is 19.1 Å². The number of methoxy groups -OCH3 is 2. The van der Waals surface area contributed by atoms with E-state index in [4.69, 9.17) is 18.9 Å². The van der Waals surface area contributed by atoms with E-state index in [1.165, 1.54) is 5.57 Å². The average Bonchev–Trinajstić information content (AvgIpc) is 2.91. The zero-order valence-electron chi connectivity index (χ0n) is 13.8. The van der Waals surface area contributed by atoms with E-state index in [1.807, 2.05) is 24.3 Å². The zero-order chi connectivity index (χ0) is 16.4. The van der Waals surface area contributed by atoms with Gasteiger partial charge in [0.1, 0.15) is 24.2 Å². The fraction of sp³-hybridized carbons (Fsp3) is 0.368. The van der Waals surface area contributed by atoms with Crippen molar-refractivity contribution in [2.24, 2.45) is 5.92 Å². The lowest BCUT2D eigenvalue weighted by molar-refractivity contribution is 0.0841. The molecule has 0 amide bonds. The molecule has 3 rings (SSSR count). The summed E-state index contributed by atoms with van der Waals surface area (Å²) in [7, 11) is 3.28. The second-order valence-corrected chi connectivity index (χ2v) is 5.71. The van der Waals surface area contributed by atoms with Gasteiger partial charge in [0.2, 0.25) is 0 Å². The first-order chi connectivity index (χ1) is 11.2. The Hall–Kier alpha value is -2.36. The van der Waals surface area contributed by atoms with Crippen LogP contribution in [0.3, 0.4) is 0 Å². The average molecular weight is 314 g/mol. The van der Waals surface area contributed by atoms with Crippen molar-refractivity contribution in [3.8, 4) is 11.5 Å². The number of allylic oxidation sites excluding steroid dienone is 2. The summed E-state index contributed by atoms with van der Waals surface area (Å²) in [5.74, 6) is 3.56. The van der Waals surface area contributed by atoms with Crippen molar-refractivity contribution in [3.05, 3.63) is 59.6 Å². The molecule has 0 fully saturated rings. The van der Waals surface area contributed by atoms with Gasteiger partial charge < -0.3 is 18.9 Å². The van der Waals surface area contributed by atoms with Crippen molar-refractivity contribution in [1.82, 2.24) is 0 Å². The molecule has 2 unspecified atom stereocenters. The highest BCUT2D eigenvalue weighted by Gasteiger charge is 2.36. The second kappa shape index (κ2) is 6.41. The van der Waals surface area contributed by atoms with Crippen LogP contribution in [0.5, 0.6) is 11.5 Å². The number of ether oxygens (including phenoxy) is 4. The van der Waals surface area contributed by atoms with Crippen LogP contribution in [0.15, 0.2) is 54.0 Å². The molecule has 2 aliphatic rings. The molecule has 23 heavy (non-hydrogen) atoms. The van der Waals surface area contributed by atoms with Gasteiger partial charge in [-0.3, -0.25) is 0 Å². The van der Waals surface area contributed by atoms with E-state index in [1.54, 1.807) is 14.2 Å².